The summed E-state index contributed by atoms with van der Waals surface area (Å²) in [6.45, 7) is 8.18. The molecule has 0 radical (unpaired) electrons. The molecule has 0 bridgehead atoms. The van der Waals surface area contributed by atoms with E-state index in [9.17, 15) is 0 Å². The van der Waals surface area contributed by atoms with Crippen LogP contribution in [0, 0.1) is 6.92 Å². The van der Waals surface area contributed by atoms with Crippen LogP contribution in [0.2, 0.25) is 0 Å². The van der Waals surface area contributed by atoms with Gasteiger partial charge in [0.15, 0.2) is 0 Å². The molecule has 0 amide bonds. The van der Waals surface area contributed by atoms with Crippen LogP contribution in [0.3, 0.4) is 0 Å². The molecule has 0 aliphatic carbocycles. The van der Waals surface area contributed by atoms with Crippen molar-refractivity contribution in [2.24, 2.45) is 5.73 Å². The molecule has 4 N–H and O–H groups in total. The van der Waals surface area contributed by atoms with Gasteiger partial charge in [-0.2, -0.15) is 0 Å². The van der Waals surface area contributed by atoms with Crippen molar-refractivity contribution < 1.29 is 5.11 Å². The predicted octanol–water partition coefficient (Wildman–Crippen LogP) is 1.57. The average molecular weight is 250 g/mol. The first-order valence-corrected chi connectivity index (χ1v) is 6.71. The van der Waals surface area contributed by atoms with E-state index in [0.717, 1.165) is 13.0 Å². The third-order valence-electron chi connectivity index (χ3n) is 3.25. The molecule has 1 atom stereocenters. The van der Waals surface area contributed by atoms with Crippen LogP contribution in [0.4, 0.5) is 0 Å². The highest BCUT2D eigenvalue weighted by Crippen LogP contribution is 2.18. The molecule has 102 valence electrons. The quantitative estimate of drug-likeness (QED) is 0.644. The van der Waals surface area contributed by atoms with E-state index in [1.54, 1.807) is 0 Å². The maximum atomic E-state index is 8.83. The third kappa shape index (κ3) is 4.77. The fourth-order valence-corrected chi connectivity index (χ4v) is 1.89. The standard InChI is InChI=1S/C15H26N2O/c1-11(2)13-5-4-12(3)14(8-13)6-7-17-9-15(16)10-18/h4-5,8,11,15,17-18H,6-7,9-10,16H2,1-3H3. The molecule has 1 aromatic rings. The third-order valence-corrected chi connectivity index (χ3v) is 3.25. The van der Waals surface area contributed by atoms with E-state index in [4.69, 9.17) is 10.8 Å². The number of hydrogen-bond acceptors (Lipinski definition) is 3. The Morgan fingerprint density at radius 3 is 2.67 bits per heavy atom. The largest absolute Gasteiger partial charge is 0.395 e. The number of nitrogens with two attached hydrogens (primary N) is 1. The monoisotopic (exact) mass is 250 g/mol. The lowest BCUT2D eigenvalue weighted by atomic mass is 9.96. The highest BCUT2D eigenvalue weighted by Gasteiger charge is 2.04. The summed E-state index contributed by atoms with van der Waals surface area (Å²) in [7, 11) is 0. The molecule has 0 aromatic heterocycles. The second-order valence-corrected chi connectivity index (χ2v) is 5.24. The van der Waals surface area contributed by atoms with Gasteiger partial charge in [-0.25, -0.2) is 0 Å². The van der Waals surface area contributed by atoms with Crippen molar-refractivity contribution in [3.05, 3.63) is 34.9 Å². The van der Waals surface area contributed by atoms with Crippen molar-refractivity contribution in [1.82, 2.24) is 5.32 Å². The van der Waals surface area contributed by atoms with Gasteiger partial charge < -0.3 is 16.2 Å². The first-order chi connectivity index (χ1) is 8.54. The minimum atomic E-state index is -0.159. The van der Waals surface area contributed by atoms with Gasteiger partial charge in [0.05, 0.1) is 6.61 Å². The van der Waals surface area contributed by atoms with Crippen molar-refractivity contribution in [1.29, 1.82) is 0 Å². The van der Waals surface area contributed by atoms with Gasteiger partial charge in [-0.15, -0.1) is 0 Å². The van der Waals surface area contributed by atoms with Crippen molar-refractivity contribution >= 4 is 0 Å². The SMILES string of the molecule is Cc1ccc(C(C)C)cc1CCNCC(N)CO. The van der Waals surface area contributed by atoms with Crippen molar-refractivity contribution in [3.63, 3.8) is 0 Å². The van der Waals surface area contributed by atoms with Crippen molar-refractivity contribution in [2.45, 2.75) is 39.2 Å². The number of aliphatic hydroxyl groups excluding tert-OH is 1. The van der Waals surface area contributed by atoms with Crippen LogP contribution in [0.25, 0.3) is 0 Å². The van der Waals surface area contributed by atoms with E-state index in [2.05, 4.69) is 44.3 Å². The van der Waals surface area contributed by atoms with Crippen LogP contribution in [0.15, 0.2) is 18.2 Å². The number of hydrogen-bond donors (Lipinski definition) is 3. The Hall–Kier alpha value is -0.900. The molecule has 0 spiro atoms. The molecule has 1 unspecified atom stereocenters. The van der Waals surface area contributed by atoms with Crippen LogP contribution < -0.4 is 11.1 Å². The predicted molar refractivity (Wildman–Crippen MR) is 76.9 cm³/mol. The summed E-state index contributed by atoms with van der Waals surface area (Å²) in [5.74, 6) is 0.570. The zero-order valence-electron chi connectivity index (χ0n) is 11.7. The lowest BCUT2D eigenvalue weighted by molar-refractivity contribution is 0.262. The van der Waals surface area contributed by atoms with E-state index >= 15 is 0 Å². The van der Waals surface area contributed by atoms with Gasteiger partial charge in [0, 0.05) is 12.6 Å². The van der Waals surface area contributed by atoms with Gasteiger partial charge in [-0.3, -0.25) is 0 Å². The van der Waals surface area contributed by atoms with Gasteiger partial charge in [0.2, 0.25) is 0 Å². The Labute approximate surface area is 110 Å². The molecule has 3 nitrogen and oxygen atoms in total. The minimum Gasteiger partial charge on any atom is -0.395 e. The summed E-state index contributed by atoms with van der Waals surface area (Å²) >= 11 is 0. The number of benzene rings is 1. The van der Waals surface area contributed by atoms with Crippen molar-refractivity contribution in [2.75, 3.05) is 19.7 Å². The Morgan fingerprint density at radius 1 is 1.33 bits per heavy atom. The zero-order chi connectivity index (χ0) is 13.5. The highest BCUT2D eigenvalue weighted by atomic mass is 16.3. The van der Waals surface area contributed by atoms with Crippen LogP contribution in [0.1, 0.15) is 36.5 Å². The number of aryl methyl sites for hydroxylation is 1. The number of nitrogens with one attached hydrogen (secondary N) is 1. The van der Waals surface area contributed by atoms with Gasteiger partial charge >= 0.3 is 0 Å². The van der Waals surface area contributed by atoms with Crippen LogP contribution >= 0.6 is 0 Å². The number of aliphatic hydroxyl groups is 1. The molecule has 0 heterocycles. The molecule has 3 heteroatoms. The van der Waals surface area contributed by atoms with E-state index in [1.807, 2.05) is 0 Å². The number of rotatable bonds is 7. The van der Waals surface area contributed by atoms with E-state index < -0.39 is 0 Å². The van der Waals surface area contributed by atoms with Gasteiger partial charge in [-0.05, 0) is 42.5 Å². The van der Waals surface area contributed by atoms with E-state index in [-0.39, 0.29) is 12.6 Å². The van der Waals surface area contributed by atoms with Crippen LogP contribution in [-0.4, -0.2) is 30.8 Å². The maximum absolute atomic E-state index is 8.83. The zero-order valence-corrected chi connectivity index (χ0v) is 11.7. The molecule has 18 heavy (non-hydrogen) atoms. The Kier molecular flexibility index (Phi) is 6.33. The first kappa shape index (κ1) is 15.2. The Morgan fingerprint density at radius 2 is 2.06 bits per heavy atom. The molecule has 0 aliphatic heterocycles. The Balaban J connectivity index is 2.48. The molecule has 0 saturated carbocycles. The molecular formula is C15H26N2O. The normalized spacial score (nSPS) is 13.0. The molecular weight excluding hydrogens is 224 g/mol. The minimum absolute atomic E-state index is 0.0366. The average Bonchev–Trinajstić information content (AvgIpc) is 2.35. The smallest absolute Gasteiger partial charge is 0.0594 e. The van der Waals surface area contributed by atoms with Crippen molar-refractivity contribution in [3.8, 4) is 0 Å². The second-order valence-electron chi connectivity index (χ2n) is 5.24. The molecule has 1 rings (SSSR count). The van der Waals surface area contributed by atoms with Crippen LogP contribution in [-0.2, 0) is 6.42 Å². The maximum Gasteiger partial charge on any atom is 0.0594 e. The summed E-state index contributed by atoms with van der Waals surface area (Å²) in [6.07, 6.45) is 1.00. The lowest BCUT2D eigenvalue weighted by Crippen LogP contribution is -2.37. The molecule has 0 fully saturated rings. The van der Waals surface area contributed by atoms with E-state index in [0.29, 0.717) is 12.5 Å². The topological polar surface area (TPSA) is 58.3 Å². The summed E-state index contributed by atoms with van der Waals surface area (Å²) in [4.78, 5) is 0. The lowest BCUT2D eigenvalue weighted by Gasteiger charge is -2.13. The molecule has 0 saturated heterocycles. The van der Waals surface area contributed by atoms with Gasteiger partial charge in [-0.1, -0.05) is 32.0 Å². The fourth-order valence-electron chi connectivity index (χ4n) is 1.89. The van der Waals surface area contributed by atoms with E-state index in [1.165, 1.54) is 16.7 Å². The second kappa shape index (κ2) is 7.52. The molecule has 0 aliphatic rings. The first-order valence-electron chi connectivity index (χ1n) is 6.71. The fraction of sp³-hybridized carbons (Fsp3) is 0.600. The summed E-state index contributed by atoms with van der Waals surface area (Å²) in [5.41, 5.74) is 9.76. The summed E-state index contributed by atoms with van der Waals surface area (Å²) in [5, 5.41) is 12.1. The van der Waals surface area contributed by atoms with Crippen LogP contribution in [0.5, 0.6) is 0 Å². The highest BCUT2D eigenvalue weighted by molar-refractivity contribution is 5.32. The summed E-state index contributed by atoms with van der Waals surface area (Å²) in [6, 6.07) is 6.55. The Bertz CT molecular complexity index is 364. The summed E-state index contributed by atoms with van der Waals surface area (Å²) < 4.78 is 0. The van der Waals surface area contributed by atoms with Gasteiger partial charge in [0.25, 0.3) is 0 Å². The van der Waals surface area contributed by atoms with Gasteiger partial charge in [0.1, 0.15) is 0 Å². The molecule has 1 aromatic carbocycles.